The van der Waals surface area contributed by atoms with Crippen molar-refractivity contribution in [2.24, 2.45) is 0 Å². The van der Waals surface area contributed by atoms with Gasteiger partial charge in [0.25, 0.3) is 11.5 Å². The summed E-state index contributed by atoms with van der Waals surface area (Å²) < 4.78 is 1.30. The molecule has 0 aliphatic carbocycles. The molecule has 1 N–H and O–H groups in total. The van der Waals surface area contributed by atoms with Crippen molar-refractivity contribution in [2.75, 3.05) is 0 Å². The van der Waals surface area contributed by atoms with Crippen LogP contribution >= 0.6 is 0 Å². The monoisotopic (exact) mass is 176 g/mol. The number of nitrogens with one attached hydrogen (secondary N) is 1. The van der Waals surface area contributed by atoms with Gasteiger partial charge in [-0.3, -0.25) is 9.89 Å². The lowest BCUT2D eigenvalue weighted by Gasteiger charge is -1.96. The van der Waals surface area contributed by atoms with E-state index >= 15 is 0 Å². The number of nitrogens with zero attached hydrogens (tertiary/aromatic N) is 3. The first-order valence-corrected chi connectivity index (χ1v) is 3.83. The quantitative estimate of drug-likeness (QED) is 0.678. The minimum atomic E-state index is -0.149. The van der Waals surface area contributed by atoms with Crippen LogP contribution in [0.15, 0.2) is 29.3 Å². The van der Waals surface area contributed by atoms with Crippen LogP contribution in [-0.2, 0) is 0 Å². The summed E-state index contributed by atoms with van der Waals surface area (Å²) in [4.78, 5) is 19.2. The average Bonchev–Trinajstić information content (AvgIpc) is 2.47. The van der Waals surface area contributed by atoms with Gasteiger partial charge >= 0.3 is 0 Å². The molecule has 66 valence electrons. The van der Waals surface area contributed by atoms with Crippen LogP contribution in [0.3, 0.4) is 0 Å². The average molecular weight is 176 g/mol. The van der Waals surface area contributed by atoms with Gasteiger partial charge in [-0.25, -0.2) is 9.97 Å². The Morgan fingerprint density at radius 2 is 2.08 bits per heavy atom. The summed E-state index contributed by atoms with van der Waals surface area (Å²) in [7, 11) is 0. The Bertz CT molecular complexity index is 456. The second kappa shape index (κ2) is 2.85. The van der Waals surface area contributed by atoms with Crippen LogP contribution < -0.4 is 5.56 Å². The summed E-state index contributed by atoms with van der Waals surface area (Å²) in [5, 5.41) is 2.84. The van der Waals surface area contributed by atoms with Gasteiger partial charge in [0.05, 0.1) is 0 Å². The standard InChI is InChI=1S/C8H8N4O/c1-6-5-7(13)12(11-6)8-9-3-2-4-10-8/h2-5,11H,1H3. The highest BCUT2D eigenvalue weighted by molar-refractivity contribution is 5.10. The van der Waals surface area contributed by atoms with E-state index in [1.54, 1.807) is 25.4 Å². The molecule has 2 rings (SSSR count). The molecule has 0 atom stereocenters. The lowest BCUT2D eigenvalue weighted by molar-refractivity contribution is 0.774. The van der Waals surface area contributed by atoms with Gasteiger partial charge in [-0.05, 0) is 13.0 Å². The third-order valence-corrected chi connectivity index (χ3v) is 1.60. The van der Waals surface area contributed by atoms with Crippen LogP contribution in [0.5, 0.6) is 0 Å². The predicted molar refractivity (Wildman–Crippen MR) is 46.7 cm³/mol. The molecule has 0 aromatic carbocycles. The molecule has 0 spiro atoms. The van der Waals surface area contributed by atoms with Crippen LogP contribution in [0.1, 0.15) is 5.69 Å². The van der Waals surface area contributed by atoms with Crippen LogP contribution in [0.2, 0.25) is 0 Å². The molecule has 0 saturated carbocycles. The Kier molecular flexibility index (Phi) is 1.70. The maximum Gasteiger partial charge on any atom is 0.274 e. The number of aromatic amines is 1. The van der Waals surface area contributed by atoms with Crippen LogP contribution in [0.25, 0.3) is 5.95 Å². The maximum absolute atomic E-state index is 11.3. The normalized spacial score (nSPS) is 10.2. The van der Waals surface area contributed by atoms with Crippen molar-refractivity contribution in [1.82, 2.24) is 19.7 Å². The number of hydrogen-bond donors (Lipinski definition) is 1. The summed E-state index contributed by atoms with van der Waals surface area (Å²) in [5.74, 6) is 0.362. The Labute approximate surface area is 74.1 Å². The number of H-pyrrole nitrogens is 1. The second-order valence-electron chi connectivity index (χ2n) is 2.66. The van der Waals surface area contributed by atoms with E-state index in [-0.39, 0.29) is 5.56 Å². The van der Waals surface area contributed by atoms with Crippen LogP contribution in [-0.4, -0.2) is 19.7 Å². The van der Waals surface area contributed by atoms with E-state index in [9.17, 15) is 4.79 Å². The molecule has 0 radical (unpaired) electrons. The van der Waals surface area contributed by atoms with Gasteiger partial charge in [0.15, 0.2) is 0 Å². The van der Waals surface area contributed by atoms with Gasteiger partial charge in [0.2, 0.25) is 0 Å². The minimum absolute atomic E-state index is 0.149. The minimum Gasteiger partial charge on any atom is -0.293 e. The molecule has 0 bridgehead atoms. The second-order valence-corrected chi connectivity index (χ2v) is 2.66. The summed E-state index contributed by atoms with van der Waals surface area (Å²) >= 11 is 0. The van der Waals surface area contributed by atoms with Crippen molar-refractivity contribution in [3.05, 3.63) is 40.6 Å². The van der Waals surface area contributed by atoms with Crippen LogP contribution in [0.4, 0.5) is 0 Å². The smallest absolute Gasteiger partial charge is 0.274 e. The van der Waals surface area contributed by atoms with E-state index in [0.29, 0.717) is 5.95 Å². The highest BCUT2D eigenvalue weighted by Crippen LogP contribution is 1.93. The number of aromatic nitrogens is 4. The zero-order valence-corrected chi connectivity index (χ0v) is 7.06. The Morgan fingerprint density at radius 3 is 2.62 bits per heavy atom. The fourth-order valence-electron chi connectivity index (χ4n) is 1.07. The fraction of sp³-hybridized carbons (Fsp3) is 0.125. The molecule has 2 aromatic heterocycles. The fourth-order valence-corrected chi connectivity index (χ4v) is 1.07. The third-order valence-electron chi connectivity index (χ3n) is 1.60. The zero-order valence-electron chi connectivity index (χ0n) is 7.06. The van der Waals surface area contributed by atoms with Crippen LogP contribution in [0, 0.1) is 6.92 Å². The van der Waals surface area contributed by atoms with Crippen molar-refractivity contribution in [3.63, 3.8) is 0 Å². The van der Waals surface area contributed by atoms with Crippen molar-refractivity contribution >= 4 is 0 Å². The van der Waals surface area contributed by atoms with Gasteiger partial charge in [-0.1, -0.05) is 0 Å². The van der Waals surface area contributed by atoms with Crippen molar-refractivity contribution in [3.8, 4) is 5.95 Å². The topological polar surface area (TPSA) is 63.6 Å². The van der Waals surface area contributed by atoms with E-state index in [1.165, 1.54) is 10.7 Å². The molecule has 0 aliphatic rings. The molecule has 0 unspecified atom stereocenters. The van der Waals surface area contributed by atoms with Crippen molar-refractivity contribution < 1.29 is 0 Å². The first-order chi connectivity index (χ1) is 6.27. The highest BCUT2D eigenvalue weighted by Gasteiger charge is 2.02. The van der Waals surface area contributed by atoms with Gasteiger partial charge < -0.3 is 0 Å². The molecule has 5 heteroatoms. The summed E-state index contributed by atoms with van der Waals surface area (Å²) in [5.41, 5.74) is 0.640. The molecule has 0 amide bonds. The van der Waals surface area contributed by atoms with E-state index < -0.39 is 0 Å². The molecule has 13 heavy (non-hydrogen) atoms. The van der Waals surface area contributed by atoms with Crippen molar-refractivity contribution in [1.29, 1.82) is 0 Å². The maximum atomic E-state index is 11.3. The van der Waals surface area contributed by atoms with Gasteiger partial charge in [-0.2, -0.15) is 4.68 Å². The Morgan fingerprint density at radius 1 is 1.38 bits per heavy atom. The zero-order chi connectivity index (χ0) is 9.26. The third kappa shape index (κ3) is 1.35. The highest BCUT2D eigenvalue weighted by atomic mass is 16.1. The first kappa shape index (κ1) is 7.72. The van der Waals surface area contributed by atoms with Crippen molar-refractivity contribution in [2.45, 2.75) is 6.92 Å². The summed E-state index contributed by atoms with van der Waals surface area (Å²) in [6.45, 7) is 1.81. The Hall–Kier alpha value is -1.91. The van der Waals surface area contributed by atoms with E-state index in [0.717, 1.165) is 5.69 Å². The lowest BCUT2D eigenvalue weighted by Crippen LogP contribution is -2.15. The first-order valence-electron chi connectivity index (χ1n) is 3.83. The molecular weight excluding hydrogens is 168 g/mol. The van der Waals surface area contributed by atoms with E-state index in [1.807, 2.05) is 0 Å². The number of hydrogen-bond acceptors (Lipinski definition) is 3. The van der Waals surface area contributed by atoms with Gasteiger partial charge in [0.1, 0.15) is 0 Å². The largest absolute Gasteiger partial charge is 0.293 e. The molecular formula is C8H8N4O. The lowest BCUT2D eigenvalue weighted by atomic mass is 10.5. The van der Waals surface area contributed by atoms with Gasteiger partial charge in [0, 0.05) is 24.2 Å². The number of aryl methyl sites for hydroxylation is 1. The predicted octanol–water partition coefficient (Wildman–Crippen LogP) is 0.264. The summed E-state index contributed by atoms with van der Waals surface area (Å²) in [6, 6.07) is 3.20. The summed E-state index contributed by atoms with van der Waals surface area (Å²) in [6.07, 6.45) is 3.18. The number of rotatable bonds is 1. The van der Waals surface area contributed by atoms with E-state index in [2.05, 4.69) is 15.1 Å². The van der Waals surface area contributed by atoms with E-state index in [4.69, 9.17) is 0 Å². The molecule has 0 saturated heterocycles. The molecule has 5 nitrogen and oxygen atoms in total. The SMILES string of the molecule is Cc1cc(=O)n(-c2ncccn2)[nH]1. The molecule has 0 aliphatic heterocycles. The molecule has 2 aromatic rings. The molecule has 2 heterocycles. The van der Waals surface area contributed by atoms with Gasteiger partial charge in [-0.15, -0.1) is 0 Å². The Balaban J connectivity index is 2.59. The molecule has 0 fully saturated rings.